The molecule has 0 radical (unpaired) electrons. The van der Waals surface area contributed by atoms with Crippen molar-refractivity contribution in [2.75, 3.05) is 13.1 Å². The Morgan fingerprint density at radius 3 is 2.59 bits per heavy atom. The highest BCUT2D eigenvalue weighted by Crippen LogP contribution is 2.23. The second-order valence-corrected chi connectivity index (χ2v) is 4.59. The fourth-order valence-corrected chi connectivity index (χ4v) is 2.44. The van der Waals surface area contributed by atoms with Crippen molar-refractivity contribution in [1.82, 2.24) is 19.9 Å². The van der Waals surface area contributed by atoms with E-state index >= 15 is 0 Å². The van der Waals surface area contributed by atoms with Crippen molar-refractivity contribution in [2.45, 2.75) is 39.2 Å². The van der Waals surface area contributed by atoms with E-state index in [0.717, 1.165) is 32.4 Å². The van der Waals surface area contributed by atoms with E-state index in [0.29, 0.717) is 5.91 Å². The first-order chi connectivity index (χ1) is 8.26. The molecule has 1 fully saturated rings. The highest BCUT2D eigenvalue weighted by atomic mass is 16.2. The normalized spacial score (nSPS) is 20.2. The maximum atomic E-state index is 12.2. The van der Waals surface area contributed by atoms with E-state index in [1.807, 2.05) is 4.90 Å². The molecule has 1 aliphatic heterocycles. The van der Waals surface area contributed by atoms with Gasteiger partial charge in [-0.1, -0.05) is 13.8 Å². The van der Waals surface area contributed by atoms with Gasteiger partial charge in [-0.2, -0.15) is 15.0 Å². The van der Waals surface area contributed by atoms with Crippen LogP contribution in [0.2, 0.25) is 0 Å². The molecular formula is C12H20N4O. The fourth-order valence-electron chi connectivity index (χ4n) is 2.44. The number of hydrogen-bond acceptors (Lipinski definition) is 3. The standard InChI is InChI=1S/C12H20N4O/c1-3-10(4-2)12(17)15-8-5-11(9-15)16-13-6-7-14-16/h6-7,10-11H,3-5,8-9H2,1-2H3. The summed E-state index contributed by atoms with van der Waals surface area (Å²) in [6, 6.07) is 0.253. The Hall–Kier alpha value is -1.39. The second-order valence-electron chi connectivity index (χ2n) is 4.59. The summed E-state index contributed by atoms with van der Waals surface area (Å²) < 4.78 is 0. The summed E-state index contributed by atoms with van der Waals surface area (Å²) in [7, 11) is 0. The SMILES string of the molecule is CCC(CC)C(=O)N1CCC(n2nccn2)C1. The number of likely N-dealkylation sites (tertiary alicyclic amines) is 1. The van der Waals surface area contributed by atoms with Crippen molar-refractivity contribution >= 4 is 5.91 Å². The van der Waals surface area contributed by atoms with E-state index in [1.54, 1.807) is 17.2 Å². The lowest BCUT2D eigenvalue weighted by Crippen LogP contribution is -2.34. The summed E-state index contributed by atoms with van der Waals surface area (Å²) in [5, 5.41) is 8.29. The molecule has 0 bridgehead atoms. The van der Waals surface area contributed by atoms with Crippen LogP contribution in [0.4, 0.5) is 0 Å². The van der Waals surface area contributed by atoms with Gasteiger partial charge in [-0.05, 0) is 19.3 Å². The molecule has 2 rings (SSSR count). The van der Waals surface area contributed by atoms with Crippen molar-refractivity contribution in [2.24, 2.45) is 5.92 Å². The van der Waals surface area contributed by atoms with Crippen molar-refractivity contribution in [3.63, 3.8) is 0 Å². The summed E-state index contributed by atoms with van der Waals surface area (Å²) >= 11 is 0. The summed E-state index contributed by atoms with van der Waals surface area (Å²) in [4.78, 5) is 15.9. The van der Waals surface area contributed by atoms with Crippen LogP contribution in [0.3, 0.4) is 0 Å². The van der Waals surface area contributed by atoms with E-state index in [1.165, 1.54) is 0 Å². The minimum atomic E-state index is 0.180. The molecular weight excluding hydrogens is 216 g/mol. The lowest BCUT2D eigenvalue weighted by atomic mass is 10.0. The summed E-state index contributed by atoms with van der Waals surface area (Å²) in [5.41, 5.74) is 0. The lowest BCUT2D eigenvalue weighted by Gasteiger charge is -2.21. The molecule has 0 saturated carbocycles. The number of hydrogen-bond donors (Lipinski definition) is 0. The third-order valence-corrected chi connectivity index (χ3v) is 3.57. The maximum absolute atomic E-state index is 12.2. The summed E-state index contributed by atoms with van der Waals surface area (Å²) in [5.74, 6) is 0.476. The number of carbonyl (C=O) groups is 1. The van der Waals surface area contributed by atoms with Crippen molar-refractivity contribution < 1.29 is 4.79 Å². The molecule has 2 heterocycles. The zero-order chi connectivity index (χ0) is 12.3. The van der Waals surface area contributed by atoms with Gasteiger partial charge in [-0.15, -0.1) is 0 Å². The second kappa shape index (κ2) is 5.29. The highest BCUT2D eigenvalue weighted by Gasteiger charge is 2.30. The van der Waals surface area contributed by atoms with E-state index < -0.39 is 0 Å². The Morgan fingerprint density at radius 2 is 2.00 bits per heavy atom. The molecule has 1 unspecified atom stereocenters. The Kier molecular flexibility index (Phi) is 3.76. The van der Waals surface area contributed by atoms with Gasteiger partial charge >= 0.3 is 0 Å². The van der Waals surface area contributed by atoms with Crippen LogP contribution in [0.5, 0.6) is 0 Å². The molecule has 0 aliphatic carbocycles. The largest absolute Gasteiger partial charge is 0.340 e. The van der Waals surface area contributed by atoms with Crippen LogP contribution >= 0.6 is 0 Å². The smallest absolute Gasteiger partial charge is 0.225 e. The average molecular weight is 236 g/mol. The predicted molar refractivity (Wildman–Crippen MR) is 64.3 cm³/mol. The average Bonchev–Trinajstić information content (AvgIpc) is 3.01. The zero-order valence-corrected chi connectivity index (χ0v) is 10.5. The van der Waals surface area contributed by atoms with Gasteiger partial charge < -0.3 is 4.90 Å². The first kappa shape index (κ1) is 12.1. The van der Waals surface area contributed by atoms with Gasteiger partial charge in [0.2, 0.25) is 5.91 Å². The first-order valence-electron chi connectivity index (χ1n) is 6.40. The maximum Gasteiger partial charge on any atom is 0.225 e. The van der Waals surface area contributed by atoms with E-state index in [9.17, 15) is 4.79 Å². The van der Waals surface area contributed by atoms with Crippen LogP contribution in [-0.4, -0.2) is 38.9 Å². The molecule has 1 aliphatic rings. The third kappa shape index (κ3) is 2.48. The van der Waals surface area contributed by atoms with Crippen molar-refractivity contribution in [3.05, 3.63) is 12.4 Å². The van der Waals surface area contributed by atoms with Crippen LogP contribution in [0.15, 0.2) is 12.4 Å². The molecule has 17 heavy (non-hydrogen) atoms. The molecule has 5 heteroatoms. The summed E-state index contributed by atoms with van der Waals surface area (Å²) in [6.45, 7) is 5.74. The molecule has 0 aromatic carbocycles. The van der Waals surface area contributed by atoms with Crippen molar-refractivity contribution in [1.29, 1.82) is 0 Å². The van der Waals surface area contributed by atoms with Crippen molar-refractivity contribution in [3.8, 4) is 0 Å². The molecule has 1 aromatic rings. The topological polar surface area (TPSA) is 51.0 Å². The van der Waals surface area contributed by atoms with Gasteiger partial charge in [-0.3, -0.25) is 4.79 Å². The molecule has 1 atom stereocenters. The van der Waals surface area contributed by atoms with Crippen LogP contribution in [0.1, 0.15) is 39.2 Å². The molecule has 5 nitrogen and oxygen atoms in total. The monoisotopic (exact) mass is 236 g/mol. The first-order valence-corrected chi connectivity index (χ1v) is 6.40. The zero-order valence-electron chi connectivity index (χ0n) is 10.5. The van der Waals surface area contributed by atoms with Crippen LogP contribution in [0.25, 0.3) is 0 Å². The van der Waals surface area contributed by atoms with Crippen LogP contribution < -0.4 is 0 Å². The van der Waals surface area contributed by atoms with Gasteiger partial charge in [-0.25, -0.2) is 0 Å². The highest BCUT2D eigenvalue weighted by molar-refractivity contribution is 5.79. The molecule has 1 saturated heterocycles. The minimum absolute atomic E-state index is 0.180. The van der Waals surface area contributed by atoms with Gasteiger partial charge in [0.25, 0.3) is 0 Å². The summed E-state index contributed by atoms with van der Waals surface area (Å²) in [6.07, 6.45) is 6.18. The molecule has 94 valence electrons. The predicted octanol–water partition coefficient (Wildman–Crippen LogP) is 1.49. The lowest BCUT2D eigenvalue weighted by molar-refractivity contribution is -0.134. The fraction of sp³-hybridized carbons (Fsp3) is 0.750. The van der Waals surface area contributed by atoms with Gasteiger partial charge in [0, 0.05) is 19.0 Å². The Balaban J connectivity index is 1.96. The Morgan fingerprint density at radius 1 is 1.35 bits per heavy atom. The molecule has 0 spiro atoms. The van der Waals surface area contributed by atoms with Gasteiger partial charge in [0.15, 0.2) is 0 Å². The van der Waals surface area contributed by atoms with Crippen LogP contribution in [0, 0.1) is 5.92 Å². The quantitative estimate of drug-likeness (QED) is 0.795. The van der Waals surface area contributed by atoms with Gasteiger partial charge in [0.05, 0.1) is 18.4 Å². The van der Waals surface area contributed by atoms with Gasteiger partial charge in [0.1, 0.15) is 0 Å². The minimum Gasteiger partial charge on any atom is -0.340 e. The molecule has 1 aromatic heterocycles. The molecule has 1 amide bonds. The number of rotatable bonds is 4. The van der Waals surface area contributed by atoms with E-state index in [4.69, 9.17) is 0 Å². The number of carbonyl (C=O) groups excluding carboxylic acids is 1. The van der Waals surface area contributed by atoms with E-state index in [-0.39, 0.29) is 12.0 Å². The number of aromatic nitrogens is 3. The van der Waals surface area contributed by atoms with Crippen LogP contribution in [-0.2, 0) is 4.79 Å². The molecule has 0 N–H and O–H groups in total. The number of nitrogens with zero attached hydrogens (tertiary/aromatic N) is 4. The third-order valence-electron chi connectivity index (χ3n) is 3.57. The number of amides is 1. The van der Waals surface area contributed by atoms with E-state index in [2.05, 4.69) is 24.0 Å². The Labute approximate surface area is 102 Å². The Bertz CT molecular complexity index is 359.